The average Bonchev–Trinajstić information content (AvgIpc) is 2.64. The number of amides is 1. The zero-order valence-electron chi connectivity index (χ0n) is 14.2. The molecule has 3 rings (SSSR count). The molecule has 1 fully saturated rings. The minimum Gasteiger partial charge on any atom is -0.396 e. The van der Waals surface area contributed by atoms with Gasteiger partial charge in [-0.2, -0.15) is 0 Å². The minimum absolute atomic E-state index is 0.0623. The first-order valence-corrected chi connectivity index (χ1v) is 8.34. The number of hydrogen-bond acceptors (Lipinski definition) is 5. The summed E-state index contributed by atoms with van der Waals surface area (Å²) >= 11 is 0. The van der Waals surface area contributed by atoms with Gasteiger partial charge in [0.1, 0.15) is 23.1 Å². The summed E-state index contributed by atoms with van der Waals surface area (Å²) in [6, 6.07) is 3.48. The molecule has 0 radical (unpaired) electrons. The first kappa shape index (κ1) is 18.2. The Labute approximate surface area is 149 Å². The molecule has 0 saturated carbocycles. The van der Waals surface area contributed by atoms with Crippen LogP contribution in [0.15, 0.2) is 30.6 Å². The number of benzene rings is 1. The topological polar surface area (TPSA) is 92.3 Å². The number of nitrogens with zero attached hydrogens (tertiary/aromatic N) is 3. The minimum atomic E-state index is -0.668. The third kappa shape index (κ3) is 3.80. The summed E-state index contributed by atoms with van der Waals surface area (Å²) in [7, 11) is 0. The Kier molecular flexibility index (Phi) is 5.13. The smallest absolute Gasteiger partial charge is 0.268 e. The van der Waals surface area contributed by atoms with Crippen LogP contribution in [0.2, 0.25) is 0 Å². The largest absolute Gasteiger partial charge is 0.396 e. The number of aromatic nitrogens is 2. The van der Waals surface area contributed by atoms with Gasteiger partial charge in [0.05, 0.1) is 19.0 Å². The van der Waals surface area contributed by atoms with Crippen LogP contribution in [0.1, 0.15) is 28.9 Å². The van der Waals surface area contributed by atoms with E-state index in [1.807, 2.05) is 4.90 Å². The molecular formula is C18H20F2N4O2. The van der Waals surface area contributed by atoms with Crippen LogP contribution < -0.4 is 10.6 Å². The molecule has 1 atom stereocenters. The van der Waals surface area contributed by atoms with Crippen LogP contribution in [-0.2, 0) is 6.42 Å². The molecule has 1 saturated heterocycles. The number of anilines is 1. The lowest BCUT2D eigenvalue weighted by atomic mass is 9.75. The molecule has 0 aliphatic carbocycles. The van der Waals surface area contributed by atoms with Crippen molar-refractivity contribution in [3.63, 3.8) is 0 Å². The first-order valence-electron chi connectivity index (χ1n) is 8.34. The van der Waals surface area contributed by atoms with Gasteiger partial charge in [-0.1, -0.05) is 6.07 Å². The van der Waals surface area contributed by atoms with Crippen molar-refractivity contribution in [1.29, 1.82) is 0 Å². The molecule has 1 aromatic heterocycles. The lowest BCUT2D eigenvalue weighted by Crippen LogP contribution is -2.47. The molecule has 1 unspecified atom stereocenters. The van der Waals surface area contributed by atoms with Gasteiger partial charge in [-0.3, -0.25) is 9.78 Å². The van der Waals surface area contributed by atoms with E-state index in [1.165, 1.54) is 24.5 Å². The van der Waals surface area contributed by atoms with Crippen LogP contribution in [0.5, 0.6) is 0 Å². The molecule has 26 heavy (non-hydrogen) atoms. The molecular weight excluding hydrogens is 342 g/mol. The lowest BCUT2D eigenvalue weighted by molar-refractivity contribution is 0.0993. The zero-order valence-corrected chi connectivity index (χ0v) is 14.2. The van der Waals surface area contributed by atoms with Gasteiger partial charge in [0.15, 0.2) is 0 Å². The van der Waals surface area contributed by atoms with Gasteiger partial charge >= 0.3 is 0 Å². The number of piperidine rings is 1. The highest BCUT2D eigenvalue weighted by molar-refractivity contribution is 5.90. The van der Waals surface area contributed by atoms with E-state index >= 15 is 0 Å². The van der Waals surface area contributed by atoms with E-state index < -0.39 is 23.0 Å². The summed E-state index contributed by atoms with van der Waals surface area (Å²) in [6.07, 6.45) is 4.54. The summed E-state index contributed by atoms with van der Waals surface area (Å²) in [6.45, 7) is 0.936. The van der Waals surface area contributed by atoms with Gasteiger partial charge in [0.2, 0.25) is 0 Å². The Hall–Kier alpha value is -2.61. The summed E-state index contributed by atoms with van der Waals surface area (Å²) < 4.78 is 27.2. The number of nitrogens with two attached hydrogens (primary N) is 1. The Balaban J connectivity index is 1.84. The average molecular weight is 362 g/mol. The van der Waals surface area contributed by atoms with E-state index in [4.69, 9.17) is 5.73 Å². The van der Waals surface area contributed by atoms with Crippen molar-refractivity contribution >= 4 is 11.7 Å². The lowest BCUT2D eigenvalue weighted by Gasteiger charge is -2.42. The van der Waals surface area contributed by atoms with Crippen molar-refractivity contribution in [2.45, 2.75) is 19.3 Å². The van der Waals surface area contributed by atoms with Gasteiger partial charge in [-0.15, -0.1) is 0 Å². The number of halogens is 2. The second-order valence-electron chi connectivity index (χ2n) is 6.72. The Morgan fingerprint density at radius 1 is 1.35 bits per heavy atom. The van der Waals surface area contributed by atoms with Crippen molar-refractivity contribution in [1.82, 2.24) is 9.97 Å². The fraction of sp³-hybridized carbons (Fsp3) is 0.389. The molecule has 0 bridgehead atoms. The van der Waals surface area contributed by atoms with Gasteiger partial charge in [-0.05, 0) is 30.9 Å². The van der Waals surface area contributed by atoms with Crippen molar-refractivity contribution in [3.05, 3.63) is 53.5 Å². The van der Waals surface area contributed by atoms with Gasteiger partial charge < -0.3 is 15.7 Å². The molecule has 3 N–H and O–H groups in total. The fourth-order valence-electron chi connectivity index (χ4n) is 3.43. The maximum absolute atomic E-state index is 14.1. The first-order chi connectivity index (χ1) is 12.4. The number of aliphatic hydroxyl groups excluding tert-OH is 1. The van der Waals surface area contributed by atoms with Gasteiger partial charge in [0.25, 0.3) is 5.91 Å². The van der Waals surface area contributed by atoms with E-state index in [-0.39, 0.29) is 18.7 Å². The van der Waals surface area contributed by atoms with Crippen molar-refractivity contribution in [2.75, 3.05) is 24.6 Å². The molecule has 1 amide bonds. The van der Waals surface area contributed by atoms with Gasteiger partial charge in [-0.25, -0.2) is 13.8 Å². The Morgan fingerprint density at radius 2 is 2.15 bits per heavy atom. The quantitative estimate of drug-likeness (QED) is 0.844. The SMILES string of the molecule is NC(=O)c1cncc(N2CCCC(CO)(Cc3ccc(F)cc3F)C2)n1. The second-order valence-corrected chi connectivity index (χ2v) is 6.72. The van der Waals surface area contributed by atoms with E-state index in [0.29, 0.717) is 30.9 Å². The molecule has 6 nitrogen and oxygen atoms in total. The van der Waals surface area contributed by atoms with Crippen LogP contribution in [0.4, 0.5) is 14.6 Å². The Morgan fingerprint density at radius 3 is 2.85 bits per heavy atom. The van der Waals surface area contributed by atoms with Gasteiger partial charge in [0, 0.05) is 24.6 Å². The number of aliphatic hydroxyl groups is 1. The van der Waals surface area contributed by atoms with Crippen LogP contribution in [-0.4, -0.2) is 40.7 Å². The van der Waals surface area contributed by atoms with Crippen LogP contribution >= 0.6 is 0 Å². The highest BCUT2D eigenvalue weighted by atomic mass is 19.1. The number of rotatable bonds is 5. The third-order valence-electron chi connectivity index (χ3n) is 4.78. The van der Waals surface area contributed by atoms with Crippen molar-refractivity contribution in [3.8, 4) is 0 Å². The standard InChI is InChI=1S/C18H20F2N4O2/c19-13-3-2-12(14(20)6-13)7-18(11-25)4-1-5-24(10-18)16-9-22-8-15(23-16)17(21)26/h2-3,6,8-9,25H,1,4-5,7,10-11H2,(H2,21,26). The third-order valence-corrected chi connectivity index (χ3v) is 4.78. The summed E-state index contributed by atoms with van der Waals surface area (Å²) in [5, 5.41) is 10.0. The monoisotopic (exact) mass is 362 g/mol. The number of carbonyl (C=O) groups excluding carboxylic acids is 1. The highest BCUT2D eigenvalue weighted by Gasteiger charge is 2.36. The second kappa shape index (κ2) is 7.33. The summed E-state index contributed by atoms with van der Waals surface area (Å²) in [4.78, 5) is 21.4. The van der Waals surface area contributed by atoms with Crippen molar-refractivity contribution in [2.24, 2.45) is 11.1 Å². The number of hydrogen-bond donors (Lipinski definition) is 2. The van der Waals surface area contributed by atoms with E-state index in [0.717, 1.165) is 12.5 Å². The predicted molar refractivity (Wildman–Crippen MR) is 91.6 cm³/mol. The van der Waals surface area contributed by atoms with Crippen LogP contribution in [0.25, 0.3) is 0 Å². The molecule has 138 valence electrons. The van der Waals surface area contributed by atoms with Crippen molar-refractivity contribution < 1.29 is 18.7 Å². The Bertz CT molecular complexity index is 818. The summed E-state index contributed by atoms with van der Waals surface area (Å²) in [5.74, 6) is -1.44. The maximum Gasteiger partial charge on any atom is 0.268 e. The normalized spacial score (nSPS) is 20.2. The van der Waals surface area contributed by atoms with E-state index in [2.05, 4.69) is 9.97 Å². The molecule has 8 heteroatoms. The molecule has 2 aromatic rings. The number of carbonyl (C=O) groups is 1. The molecule has 1 aliphatic heterocycles. The maximum atomic E-state index is 14.1. The summed E-state index contributed by atoms with van der Waals surface area (Å²) in [5.41, 5.74) is 5.08. The molecule has 2 heterocycles. The highest BCUT2D eigenvalue weighted by Crippen LogP contribution is 2.35. The van der Waals surface area contributed by atoms with E-state index in [9.17, 15) is 18.7 Å². The van der Waals surface area contributed by atoms with E-state index in [1.54, 1.807) is 0 Å². The zero-order chi connectivity index (χ0) is 18.7. The van der Waals surface area contributed by atoms with Crippen LogP contribution in [0.3, 0.4) is 0 Å². The molecule has 0 spiro atoms. The fourth-order valence-corrected chi connectivity index (χ4v) is 3.43. The predicted octanol–water partition coefficient (Wildman–Crippen LogP) is 1.68. The number of primary amides is 1. The van der Waals surface area contributed by atoms with Crippen LogP contribution in [0, 0.1) is 17.0 Å². The molecule has 1 aliphatic rings. The molecule has 1 aromatic carbocycles.